The number of hydrogen-bond acceptors (Lipinski definition) is 2. The molecule has 3 nitrogen and oxygen atoms in total. The predicted octanol–water partition coefficient (Wildman–Crippen LogP) is 2.75. The second-order valence-corrected chi connectivity index (χ2v) is 5.99. The van der Waals surface area contributed by atoms with Crippen molar-refractivity contribution in [1.29, 1.82) is 0 Å². The SMILES string of the molecule is Cc1ccc(S(=O)(=O)O)c(CC2CC=CC2)c1. The van der Waals surface area contributed by atoms with Crippen molar-refractivity contribution < 1.29 is 13.0 Å². The lowest BCUT2D eigenvalue weighted by Crippen LogP contribution is -2.07. The van der Waals surface area contributed by atoms with E-state index >= 15 is 0 Å². The molecule has 2 rings (SSSR count). The number of allylic oxidation sites excluding steroid dienone is 2. The van der Waals surface area contributed by atoms with Crippen molar-refractivity contribution in [1.82, 2.24) is 0 Å². The summed E-state index contributed by atoms with van der Waals surface area (Å²) < 4.78 is 31.7. The van der Waals surface area contributed by atoms with Gasteiger partial charge in [0.25, 0.3) is 10.1 Å². The summed E-state index contributed by atoms with van der Waals surface area (Å²) in [4.78, 5) is 0.0509. The maximum atomic E-state index is 11.3. The summed E-state index contributed by atoms with van der Waals surface area (Å²) >= 11 is 0. The molecule has 1 aromatic rings. The Hall–Kier alpha value is -1.13. The highest BCUT2D eigenvalue weighted by Crippen LogP contribution is 2.26. The van der Waals surface area contributed by atoms with Gasteiger partial charge in [0.2, 0.25) is 0 Å². The van der Waals surface area contributed by atoms with Crippen molar-refractivity contribution in [3.05, 3.63) is 41.5 Å². The molecule has 0 spiro atoms. The minimum absolute atomic E-state index is 0.0509. The molecule has 0 amide bonds. The van der Waals surface area contributed by atoms with E-state index in [1.165, 1.54) is 6.07 Å². The zero-order chi connectivity index (χ0) is 12.5. The molecular formula is C13H16O3S. The maximum absolute atomic E-state index is 11.3. The van der Waals surface area contributed by atoms with E-state index < -0.39 is 10.1 Å². The van der Waals surface area contributed by atoms with Crippen molar-refractivity contribution in [2.45, 2.75) is 31.1 Å². The summed E-state index contributed by atoms with van der Waals surface area (Å²) in [6.45, 7) is 1.92. The molecule has 17 heavy (non-hydrogen) atoms. The van der Waals surface area contributed by atoms with Crippen LogP contribution in [-0.2, 0) is 16.5 Å². The van der Waals surface area contributed by atoms with Crippen molar-refractivity contribution in [2.24, 2.45) is 5.92 Å². The smallest absolute Gasteiger partial charge is 0.282 e. The van der Waals surface area contributed by atoms with Gasteiger partial charge in [0.15, 0.2) is 0 Å². The summed E-state index contributed by atoms with van der Waals surface area (Å²) in [6.07, 6.45) is 6.91. The highest BCUT2D eigenvalue weighted by atomic mass is 32.2. The van der Waals surface area contributed by atoms with E-state index in [0.717, 1.165) is 24.0 Å². The average molecular weight is 252 g/mol. The first-order chi connectivity index (χ1) is 7.97. The lowest BCUT2D eigenvalue weighted by atomic mass is 9.96. The molecule has 0 aliphatic heterocycles. The molecule has 4 heteroatoms. The zero-order valence-corrected chi connectivity index (χ0v) is 10.6. The zero-order valence-electron chi connectivity index (χ0n) is 9.76. The van der Waals surface area contributed by atoms with Gasteiger partial charge in [-0.1, -0.05) is 29.8 Å². The van der Waals surface area contributed by atoms with Gasteiger partial charge in [-0.2, -0.15) is 8.42 Å². The van der Waals surface area contributed by atoms with E-state index in [9.17, 15) is 13.0 Å². The van der Waals surface area contributed by atoms with Gasteiger partial charge in [0, 0.05) is 0 Å². The van der Waals surface area contributed by atoms with E-state index in [1.54, 1.807) is 6.07 Å². The predicted molar refractivity (Wildman–Crippen MR) is 66.6 cm³/mol. The van der Waals surface area contributed by atoms with Crippen LogP contribution in [0.1, 0.15) is 24.0 Å². The van der Waals surface area contributed by atoms with Gasteiger partial charge in [-0.3, -0.25) is 4.55 Å². The average Bonchev–Trinajstić information content (AvgIpc) is 2.68. The second-order valence-electron chi connectivity index (χ2n) is 4.60. The highest BCUT2D eigenvalue weighted by molar-refractivity contribution is 7.85. The van der Waals surface area contributed by atoms with Gasteiger partial charge < -0.3 is 0 Å². The van der Waals surface area contributed by atoms with Crippen LogP contribution in [-0.4, -0.2) is 13.0 Å². The molecule has 0 atom stereocenters. The molecule has 0 radical (unpaired) electrons. The topological polar surface area (TPSA) is 54.4 Å². The first kappa shape index (κ1) is 12.3. The fourth-order valence-corrected chi connectivity index (χ4v) is 2.98. The Morgan fingerprint density at radius 2 is 1.94 bits per heavy atom. The molecule has 0 aromatic heterocycles. The number of benzene rings is 1. The Bertz CT molecular complexity index is 536. The third kappa shape index (κ3) is 2.96. The lowest BCUT2D eigenvalue weighted by molar-refractivity contribution is 0.479. The largest absolute Gasteiger partial charge is 0.294 e. The molecular weight excluding hydrogens is 236 g/mol. The van der Waals surface area contributed by atoms with E-state index in [4.69, 9.17) is 0 Å². The van der Waals surface area contributed by atoms with Crippen LogP contribution in [0.15, 0.2) is 35.2 Å². The van der Waals surface area contributed by atoms with Crippen molar-refractivity contribution in [3.63, 3.8) is 0 Å². The molecule has 0 saturated carbocycles. The lowest BCUT2D eigenvalue weighted by Gasteiger charge is -2.12. The molecule has 1 aliphatic rings. The highest BCUT2D eigenvalue weighted by Gasteiger charge is 2.19. The van der Waals surface area contributed by atoms with Crippen LogP contribution in [0.3, 0.4) is 0 Å². The first-order valence-electron chi connectivity index (χ1n) is 5.69. The van der Waals surface area contributed by atoms with Crippen LogP contribution >= 0.6 is 0 Å². The van der Waals surface area contributed by atoms with Gasteiger partial charge in [0.1, 0.15) is 0 Å². The Morgan fingerprint density at radius 1 is 1.29 bits per heavy atom. The Balaban J connectivity index is 2.33. The van der Waals surface area contributed by atoms with E-state index in [1.807, 2.05) is 13.0 Å². The van der Waals surface area contributed by atoms with Crippen molar-refractivity contribution in [3.8, 4) is 0 Å². The van der Waals surface area contributed by atoms with Crippen LogP contribution < -0.4 is 0 Å². The molecule has 1 N–H and O–H groups in total. The van der Waals surface area contributed by atoms with E-state index in [-0.39, 0.29) is 4.90 Å². The molecule has 0 unspecified atom stereocenters. The normalized spacial score (nSPS) is 16.6. The Morgan fingerprint density at radius 3 is 2.53 bits per heavy atom. The van der Waals surface area contributed by atoms with Crippen LogP contribution in [0.25, 0.3) is 0 Å². The third-order valence-corrected chi connectivity index (χ3v) is 4.06. The van der Waals surface area contributed by atoms with Gasteiger partial charge in [-0.25, -0.2) is 0 Å². The van der Waals surface area contributed by atoms with E-state index in [2.05, 4.69) is 12.2 Å². The van der Waals surface area contributed by atoms with Crippen LogP contribution in [0.5, 0.6) is 0 Å². The maximum Gasteiger partial charge on any atom is 0.294 e. The van der Waals surface area contributed by atoms with E-state index in [0.29, 0.717) is 12.3 Å². The second kappa shape index (κ2) is 4.63. The molecule has 1 aliphatic carbocycles. The molecule has 1 aromatic carbocycles. The first-order valence-corrected chi connectivity index (χ1v) is 7.13. The van der Waals surface area contributed by atoms with Gasteiger partial charge in [0.05, 0.1) is 4.90 Å². The third-order valence-electron chi connectivity index (χ3n) is 3.11. The summed E-state index contributed by atoms with van der Waals surface area (Å²) in [5, 5.41) is 0. The summed E-state index contributed by atoms with van der Waals surface area (Å²) in [5.41, 5.74) is 1.74. The number of rotatable bonds is 3. The minimum atomic E-state index is -4.11. The summed E-state index contributed by atoms with van der Waals surface area (Å²) in [6, 6.07) is 5.04. The standard InChI is InChI=1S/C13H16O3S/c1-10-6-7-13(17(14,15)16)12(8-10)9-11-4-2-3-5-11/h2-3,6-8,11H,4-5,9H2,1H3,(H,14,15,16). The van der Waals surface area contributed by atoms with Crippen LogP contribution in [0.4, 0.5) is 0 Å². The monoisotopic (exact) mass is 252 g/mol. The van der Waals surface area contributed by atoms with Crippen LogP contribution in [0.2, 0.25) is 0 Å². The van der Waals surface area contributed by atoms with Gasteiger partial charge >= 0.3 is 0 Å². The molecule has 0 saturated heterocycles. The Labute approximate surface area is 102 Å². The Kier molecular flexibility index (Phi) is 3.35. The summed E-state index contributed by atoms with van der Waals surface area (Å²) in [5.74, 6) is 0.456. The quantitative estimate of drug-likeness (QED) is 0.664. The molecule has 0 bridgehead atoms. The molecule has 0 fully saturated rings. The fraction of sp³-hybridized carbons (Fsp3) is 0.385. The number of hydrogen-bond donors (Lipinski definition) is 1. The van der Waals surface area contributed by atoms with Crippen molar-refractivity contribution in [2.75, 3.05) is 0 Å². The van der Waals surface area contributed by atoms with Gasteiger partial charge in [-0.05, 0) is 43.7 Å². The minimum Gasteiger partial charge on any atom is -0.282 e. The fourth-order valence-electron chi connectivity index (χ4n) is 2.27. The number of aryl methyl sites for hydroxylation is 1. The molecule has 92 valence electrons. The van der Waals surface area contributed by atoms with Crippen molar-refractivity contribution >= 4 is 10.1 Å². The van der Waals surface area contributed by atoms with Crippen LogP contribution in [0, 0.1) is 12.8 Å². The molecule has 0 heterocycles. The van der Waals surface area contributed by atoms with Gasteiger partial charge in [-0.15, -0.1) is 0 Å². The summed E-state index contributed by atoms with van der Waals surface area (Å²) in [7, 11) is -4.11.